The van der Waals surface area contributed by atoms with E-state index >= 15 is 0 Å². The van der Waals surface area contributed by atoms with E-state index in [1.165, 1.54) is 0 Å². The van der Waals surface area contributed by atoms with Gasteiger partial charge in [0.15, 0.2) is 0 Å². The summed E-state index contributed by atoms with van der Waals surface area (Å²) in [6.45, 7) is 4.65. The molecule has 138 valence electrons. The van der Waals surface area contributed by atoms with Gasteiger partial charge in [-0.2, -0.15) is 5.10 Å². The van der Waals surface area contributed by atoms with Gasteiger partial charge < -0.3 is 15.4 Å². The number of hydrogen-bond donors (Lipinski definition) is 3. The predicted molar refractivity (Wildman–Crippen MR) is 107 cm³/mol. The lowest BCUT2D eigenvalue weighted by Gasteiger charge is -2.11. The van der Waals surface area contributed by atoms with E-state index in [4.69, 9.17) is 4.74 Å². The molecular weight excluding hydrogens is 340 g/mol. The van der Waals surface area contributed by atoms with Crippen molar-refractivity contribution in [2.24, 2.45) is 0 Å². The minimum absolute atomic E-state index is 0.149. The first-order valence-corrected chi connectivity index (χ1v) is 8.61. The number of H-pyrrole nitrogens is 1. The third kappa shape index (κ3) is 4.36. The zero-order valence-corrected chi connectivity index (χ0v) is 15.2. The van der Waals surface area contributed by atoms with Gasteiger partial charge in [-0.05, 0) is 36.4 Å². The number of benzene rings is 2. The first-order chi connectivity index (χ1) is 13.2. The van der Waals surface area contributed by atoms with Crippen LogP contribution in [0.15, 0.2) is 67.4 Å². The number of nitrogens with one attached hydrogen (secondary N) is 3. The van der Waals surface area contributed by atoms with Gasteiger partial charge in [0.2, 0.25) is 0 Å². The molecular formula is C21H22N4O2. The van der Waals surface area contributed by atoms with E-state index in [1.807, 2.05) is 42.5 Å². The van der Waals surface area contributed by atoms with E-state index in [1.54, 1.807) is 25.4 Å². The zero-order chi connectivity index (χ0) is 19.1. The fraction of sp³-hybridized carbons (Fsp3) is 0.143. The Morgan fingerprint density at radius 1 is 1.22 bits per heavy atom. The van der Waals surface area contributed by atoms with Crippen molar-refractivity contribution in [3.8, 4) is 17.0 Å². The van der Waals surface area contributed by atoms with E-state index in [2.05, 4.69) is 27.4 Å². The number of carbonyl (C=O) groups excluding carboxylic acids is 1. The van der Waals surface area contributed by atoms with Gasteiger partial charge in [0.05, 0.1) is 24.6 Å². The molecule has 1 heterocycles. The SMILES string of the molecule is C=CCNc1ccccc1C(=O)NCc1cn[nH]c1-c1ccc(OC)cc1. The van der Waals surface area contributed by atoms with Gasteiger partial charge in [-0.1, -0.05) is 18.2 Å². The number of ether oxygens (including phenoxy) is 1. The number of para-hydroxylation sites is 1. The predicted octanol–water partition coefficient (Wildman–Crippen LogP) is 3.61. The second-order valence-electron chi connectivity index (χ2n) is 5.90. The minimum Gasteiger partial charge on any atom is -0.497 e. The number of rotatable bonds is 8. The molecule has 0 unspecified atom stereocenters. The maximum Gasteiger partial charge on any atom is 0.253 e. The molecule has 27 heavy (non-hydrogen) atoms. The number of anilines is 1. The molecule has 0 fully saturated rings. The van der Waals surface area contributed by atoms with Gasteiger partial charge in [0.1, 0.15) is 5.75 Å². The maximum absolute atomic E-state index is 12.6. The van der Waals surface area contributed by atoms with Crippen molar-refractivity contribution in [2.75, 3.05) is 19.0 Å². The van der Waals surface area contributed by atoms with E-state index < -0.39 is 0 Å². The van der Waals surface area contributed by atoms with Gasteiger partial charge in [0, 0.05) is 29.9 Å². The van der Waals surface area contributed by atoms with Crippen molar-refractivity contribution in [3.63, 3.8) is 0 Å². The second kappa shape index (κ2) is 8.71. The lowest BCUT2D eigenvalue weighted by molar-refractivity contribution is 0.0952. The summed E-state index contributed by atoms with van der Waals surface area (Å²) in [5.41, 5.74) is 4.12. The van der Waals surface area contributed by atoms with E-state index in [-0.39, 0.29) is 5.91 Å². The van der Waals surface area contributed by atoms with Gasteiger partial charge in [-0.15, -0.1) is 6.58 Å². The van der Waals surface area contributed by atoms with Crippen LogP contribution >= 0.6 is 0 Å². The summed E-state index contributed by atoms with van der Waals surface area (Å²) < 4.78 is 5.19. The summed E-state index contributed by atoms with van der Waals surface area (Å²) >= 11 is 0. The van der Waals surface area contributed by atoms with Crippen LogP contribution in [0.2, 0.25) is 0 Å². The van der Waals surface area contributed by atoms with Crippen LogP contribution in [-0.2, 0) is 6.54 Å². The van der Waals surface area contributed by atoms with Gasteiger partial charge in [-0.25, -0.2) is 0 Å². The van der Waals surface area contributed by atoms with Crippen molar-refractivity contribution >= 4 is 11.6 Å². The largest absolute Gasteiger partial charge is 0.497 e. The summed E-state index contributed by atoms with van der Waals surface area (Å²) in [6.07, 6.45) is 3.48. The van der Waals surface area contributed by atoms with Crippen LogP contribution < -0.4 is 15.4 Å². The Bertz CT molecular complexity index is 916. The Labute approximate surface area is 158 Å². The third-order valence-corrected chi connectivity index (χ3v) is 4.14. The molecule has 0 aliphatic carbocycles. The first-order valence-electron chi connectivity index (χ1n) is 8.61. The average Bonchev–Trinajstić information content (AvgIpc) is 3.19. The van der Waals surface area contributed by atoms with Crippen molar-refractivity contribution in [1.82, 2.24) is 15.5 Å². The van der Waals surface area contributed by atoms with Crippen molar-refractivity contribution in [1.29, 1.82) is 0 Å². The molecule has 0 saturated heterocycles. The molecule has 0 radical (unpaired) electrons. The van der Waals surface area contributed by atoms with Crippen LogP contribution in [0, 0.1) is 0 Å². The molecule has 0 bridgehead atoms. The molecule has 1 aromatic heterocycles. The summed E-state index contributed by atoms with van der Waals surface area (Å²) in [4.78, 5) is 12.6. The molecule has 6 heteroatoms. The number of methoxy groups -OCH3 is 1. The molecule has 0 saturated carbocycles. The molecule has 3 rings (SSSR count). The number of aromatic nitrogens is 2. The number of aromatic amines is 1. The molecule has 2 aromatic carbocycles. The van der Waals surface area contributed by atoms with Crippen molar-refractivity contribution < 1.29 is 9.53 Å². The van der Waals surface area contributed by atoms with Gasteiger partial charge in [0.25, 0.3) is 5.91 Å². The average molecular weight is 362 g/mol. The topological polar surface area (TPSA) is 79.0 Å². The summed E-state index contributed by atoms with van der Waals surface area (Å²) in [5, 5.41) is 13.3. The lowest BCUT2D eigenvalue weighted by atomic mass is 10.1. The number of amides is 1. The van der Waals surface area contributed by atoms with E-state index in [9.17, 15) is 4.79 Å². The van der Waals surface area contributed by atoms with Crippen LogP contribution in [0.4, 0.5) is 5.69 Å². The number of nitrogens with zero attached hydrogens (tertiary/aromatic N) is 1. The Morgan fingerprint density at radius 3 is 2.74 bits per heavy atom. The Balaban J connectivity index is 1.72. The van der Waals surface area contributed by atoms with E-state index in [0.717, 1.165) is 28.3 Å². The highest BCUT2D eigenvalue weighted by Gasteiger charge is 2.13. The Kier molecular flexibility index (Phi) is 5.89. The minimum atomic E-state index is -0.149. The van der Waals surface area contributed by atoms with E-state index in [0.29, 0.717) is 18.7 Å². The van der Waals surface area contributed by atoms with Crippen LogP contribution in [0.25, 0.3) is 11.3 Å². The Morgan fingerprint density at radius 2 is 2.00 bits per heavy atom. The zero-order valence-electron chi connectivity index (χ0n) is 15.2. The Hall–Kier alpha value is -3.54. The van der Waals surface area contributed by atoms with Crippen LogP contribution in [0.3, 0.4) is 0 Å². The monoisotopic (exact) mass is 362 g/mol. The quantitative estimate of drug-likeness (QED) is 0.535. The molecule has 1 amide bonds. The molecule has 3 aromatic rings. The van der Waals surface area contributed by atoms with Crippen LogP contribution in [0.5, 0.6) is 5.75 Å². The smallest absolute Gasteiger partial charge is 0.253 e. The fourth-order valence-corrected chi connectivity index (χ4v) is 2.74. The van der Waals surface area contributed by atoms with Crippen molar-refractivity contribution in [2.45, 2.75) is 6.54 Å². The van der Waals surface area contributed by atoms with Crippen LogP contribution in [-0.4, -0.2) is 29.8 Å². The molecule has 0 aliphatic heterocycles. The highest BCUT2D eigenvalue weighted by Crippen LogP contribution is 2.24. The molecule has 0 atom stereocenters. The summed E-state index contributed by atoms with van der Waals surface area (Å²) in [5.74, 6) is 0.640. The molecule has 6 nitrogen and oxygen atoms in total. The molecule has 0 aliphatic rings. The highest BCUT2D eigenvalue weighted by molar-refractivity contribution is 5.99. The normalized spacial score (nSPS) is 10.3. The molecule has 0 spiro atoms. The van der Waals surface area contributed by atoms with Gasteiger partial charge >= 0.3 is 0 Å². The number of carbonyl (C=O) groups is 1. The third-order valence-electron chi connectivity index (χ3n) is 4.14. The number of hydrogen-bond acceptors (Lipinski definition) is 4. The molecule has 3 N–H and O–H groups in total. The summed E-state index contributed by atoms with van der Waals surface area (Å²) in [6, 6.07) is 15.1. The van der Waals surface area contributed by atoms with Gasteiger partial charge in [-0.3, -0.25) is 9.89 Å². The fourth-order valence-electron chi connectivity index (χ4n) is 2.74. The second-order valence-corrected chi connectivity index (χ2v) is 5.90. The van der Waals surface area contributed by atoms with Crippen molar-refractivity contribution in [3.05, 3.63) is 78.5 Å². The van der Waals surface area contributed by atoms with Crippen LogP contribution in [0.1, 0.15) is 15.9 Å². The standard InChI is InChI=1S/C21H22N4O2/c1-3-12-22-19-7-5-4-6-18(19)21(26)23-13-16-14-24-25-20(16)15-8-10-17(27-2)11-9-15/h3-11,14,22H,1,12-13H2,2H3,(H,23,26)(H,24,25). The maximum atomic E-state index is 12.6. The highest BCUT2D eigenvalue weighted by atomic mass is 16.5. The lowest BCUT2D eigenvalue weighted by Crippen LogP contribution is -2.24. The first kappa shape index (κ1) is 18.3. The summed E-state index contributed by atoms with van der Waals surface area (Å²) in [7, 11) is 1.63.